The molecular formula is C16H15N. The second-order valence-electron chi connectivity index (χ2n) is 4.34. The maximum absolute atomic E-state index is 5.66. The van der Waals surface area contributed by atoms with Gasteiger partial charge in [-0.15, -0.1) is 0 Å². The summed E-state index contributed by atoms with van der Waals surface area (Å²) in [5, 5.41) is 5.28. The average Bonchev–Trinajstić information content (AvgIpc) is 2.39. The second-order valence-corrected chi connectivity index (χ2v) is 4.34. The van der Waals surface area contributed by atoms with E-state index in [9.17, 15) is 0 Å². The zero-order chi connectivity index (χ0) is 11.7. The van der Waals surface area contributed by atoms with Crippen LogP contribution in [0.5, 0.6) is 0 Å². The summed E-state index contributed by atoms with van der Waals surface area (Å²) < 4.78 is 0. The van der Waals surface area contributed by atoms with Crippen LogP contribution in [0, 0.1) is 0 Å². The van der Waals surface area contributed by atoms with Crippen molar-refractivity contribution in [2.45, 2.75) is 6.42 Å². The smallest absolute Gasteiger partial charge is 0.00365 e. The van der Waals surface area contributed by atoms with Crippen LogP contribution in [0.3, 0.4) is 0 Å². The molecule has 0 aromatic heterocycles. The molecule has 3 aromatic rings. The number of fused-ring (bicyclic) bond motifs is 3. The molecule has 3 aromatic carbocycles. The van der Waals surface area contributed by atoms with E-state index >= 15 is 0 Å². The first-order valence-corrected chi connectivity index (χ1v) is 5.99. The summed E-state index contributed by atoms with van der Waals surface area (Å²) >= 11 is 0. The van der Waals surface area contributed by atoms with Crippen molar-refractivity contribution in [2.75, 3.05) is 6.54 Å². The molecule has 1 nitrogen and oxygen atoms in total. The van der Waals surface area contributed by atoms with E-state index in [1.165, 1.54) is 27.1 Å². The van der Waals surface area contributed by atoms with Crippen LogP contribution in [0.2, 0.25) is 0 Å². The molecule has 0 saturated carbocycles. The number of rotatable bonds is 2. The van der Waals surface area contributed by atoms with E-state index in [-0.39, 0.29) is 0 Å². The molecule has 0 saturated heterocycles. The molecule has 0 aliphatic carbocycles. The van der Waals surface area contributed by atoms with Crippen molar-refractivity contribution in [2.24, 2.45) is 5.73 Å². The minimum absolute atomic E-state index is 0.700. The Labute approximate surface area is 101 Å². The summed E-state index contributed by atoms with van der Waals surface area (Å²) in [4.78, 5) is 0. The van der Waals surface area contributed by atoms with Gasteiger partial charge in [0.25, 0.3) is 0 Å². The van der Waals surface area contributed by atoms with Gasteiger partial charge in [0.1, 0.15) is 0 Å². The average molecular weight is 221 g/mol. The van der Waals surface area contributed by atoms with Gasteiger partial charge in [0.05, 0.1) is 0 Å². The van der Waals surface area contributed by atoms with Crippen molar-refractivity contribution in [3.05, 3.63) is 60.2 Å². The number of hydrogen-bond acceptors (Lipinski definition) is 1. The Kier molecular flexibility index (Phi) is 2.54. The molecule has 0 amide bonds. The SMILES string of the molecule is NCCc1cccc2c1ccc1ccccc12. The van der Waals surface area contributed by atoms with Gasteiger partial charge >= 0.3 is 0 Å². The topological polar surface area (TPSA) is 26.0 Å². The highest BCUT2D eigenvalue weighted by Crippen LogP contribution is 2.27. The van der Waals surface area contributed by atoms with Gasteiger partial charge in [-0.05, 0) is 40.1 Å². The molecule has 0 aliphatic heterocycles. The van der Waals surface area contributed by atoms with Crippen molar-refractivity contribution in [3.63, 3.8) is 0 Å². The summed E-state index contributed by atoms with van der Waals surface area (Å²) in [6.45, 7) is 0.700. The summed E-state index contributed by atoms with van der Waals surface area (Å²) in [5.74, 6) is 0. The van der Waals surface area contributed by atoms with Crippen LogP contribution in [0.25, 0.3) is 21.5 Å². The van der Waals surface area contributed by atoms with Gasteiger partial charge in [-0.1, -0.05) is 54.6 Å². The molecule has 0 aliphatic rings. The Bertz CT molecular complexity index is 670. The Morgan fingerprint density at radius 2 is 1.53 bits per heavy atom. The molecule has 0 fully saturated rings. The van der Waals surface area contributed by atoms with Gasteiger partial charge in [0.15, 0.2) is 0 Å². The van der Waals surface area contributed by atoms with Gasteiger partial charge in [-0.2, -0.15) is 0 Å². The van der Waals surface area contributed by atoms with Crippen molar-refractivity contribution in [1.82, 2.24) is 0 Å². The highest BCUT2D eigenvalue weighted by molar-refractivity contribution is 6.08. The van der Waals surface area contributed by atoms with E-state index < -0.39 is 0 Å². The van der Waals surface area contributed by atoms with Crippen molar-refractivity contribution < 1.29 is 0 Å². The van der Waals surface area contributed by atoms with E-state index in [0.29, 0.717) is 6.54 Å². The van der Waals surface area contributed by atoms with Crippen molar-refractivity contribution in [3.8, 4) is 0 Å². The molecule has 17 heavy (non-hydrogen) atoms. The fourth-order valence-electron chi connectivity index (χ4n) is 2.48. The van der Waals surface area contributed by atoms with E-state index in [1.807, 2.05) is 0 Å². The van der Waals surface area contributed by atoms with Gasteiger partial charge in [-0.25, -0.2) is 0 Å². The largest absolute Gasteiger partial charge is 0.330 e. The minimum atomic E-state index is 0.700. The van der Waals surface area contributed by atoms with Crippen LogP contribution in [0.4, 0.5) is 0 Å². The molecule has 0 heterocycles. The fraction of sp³-hybridized carbons (Fsp3) is 0.125. The predicted octanol–water partition coefficient (Wildman–Crippen LogP) is 3.49. The Balaban J connectivity index is 2.40. The van der Waals surface area contributed by atoms with E-state index in [2.05, 4.69) is 54.6 Å². The molecule has 1 heteroatoms. The first kappa shape index (κ1) is 10.3. The zero-order valence-corrected chi connectivity index (χ0v) is 9.69. The van der Waals surface area contributed by atoms with E-state index in [0.717, 1.165) is 6.42 Å². The van der Waals surface area contributed by atoms with Crippen LogP contribution in [-0.4, -0.2) is 6.54 Å². The predicted molar refractivity (Wildman–Crippen MR) is 74.2 cm³/mol. The molecule has 0 radical (unpaired) electrons. The van der Waals surface area contributed by atoms with Gasteiger partial charge < -0.3 is 5.73 Å². The summed E-state index contributed by atoms with van der Waals surface area (Å²) in [5.41, 5.74) is 7.01. The highest BCUT2D eigenvalue weighted by Gasteiger charge is 2.03. The van der Waals surface area contributed by atoms with Crippen LogP contribution >= 0.6 is 0 Å². The van der Waals surface area contributed by atoms with Gasteiger partial charge in [0, 0.05) is 0 Å². The van der Waals surface area contributed by atoms with Crippen LogP contribution in [0.1, 0.15) is 5.56 Å². The maximum atomic E-state index is 5.66. The van der Waals surface area contributed by atoms with Gasteiger partial charge in [0.2, 0.25) is 0 Å². The minimum Gasteiger partial charge on any atom is -0.330 e. The summed E-state index contributed by atoms with van der Waals surface area (Å²) in [6, 6.07) is 19.4. The lowest BCUT2D eigenvalue weighted by atomic mass is 9.97. The van der Waals surface area contributed by atoms with Crippen LogP contribution in [0.15, 0.2) is 54.6 Å². The summed E-state index contributed by atoms with van der Waals surface area (Å²) in [6.07, 6.45) is 0.940. The molecule has 3 rings (SSSR count). The van der Waals surface area contributed by atoms with Crippen molar-refractivity contribution >= 4 is 21.5 Å². The van der Waals surface area contributed by atoms with E-state index in [1.54, 1.807) is 0 Å². The lowest BCUT2D eigenvalue weighted by Gasteiger charge is -2.08. The monoisotopic (exact) mass is 221 g/mol. The molecule has 0 atom stereocenters. The Morgan fingerprint density at radius 3 is 2.41 bits per heavy atom. The standard InChI is InChI=1S/C16H15N/c17-11-10-13-5-3-7-16-14-6-2-1-4-12(14)8-9-15(13)16/h1-9H,10-11,17H2. The molecule has 84 valence electrons. The Hall–Kier alpha value is -1.86. The van der Waals surface area contributed by atoms with Crippen LogP contribution in [-0.2, 0) is 6.42 Å². The third kappa shape index (κ3) is 1.69. The lowest BCUT2D eigenvalue weighted by molar-refractivity contribution is 0.977. The fourth-order valence-corrected chi connectivity index (χ4v) is 2.48. The second kappa shape index (κ2) is 4.19. The number of hydrogen-bond donors (Lipinski definition) is 1. The first-order valence-electron chi connectivity index (χ1n) is 5.99. The first-order chi connectivity index (χ1) is 8.40. The Morgan fingerprint density at radius 1 is 0.706 bits per heavy atom. The quantitative estimate of drug-likeness (QED) is 0.658. The summed E-state index contributed by atoms with van der Waals surface area (Å²) in [7, 11) is 0. The molecule has 0 bridgehead atoms. The van der Waals surface area contributed by atoms with Crippen LogP contribution < -0.4 is 5.73 Å². The molecule has 2 N–H and O–H groups in total. The van der Waals surface area contributed by atoms with Gasteiger partial charge in [-0.3, -0.25) is 0 Å². The van der Waals surface area contributed by atoms with E-state index in [4.69, 9.17) is 5.73 Å². The number of nitrogens with two attached hydrogens (primary N) is 1. The lowest BCUT2D eigenvalue weighted by Crippen LogP contribution is -2.02. The van der Waals surface area contributed by atoms with Crippen molar-refractivity contribution in [1.29, 1.82) is 0 Å². The normalized spacial score (nSPS) is 11.1. The third-order valence-electron chi connectivity index (χ3n) is 3.29. The maximum Gasteiger partial charge on any atom is -0.00365 e. The highest BCUT2D eigenvalue weighted by atomic mass is 14.5. The number of benzene rings is 3. The molecule has 0 spiro atoms. The molecule has 0 unspecified atom stereocenters. The molecular weight excluding hydrogens is 206 g/mol. The zero-order valence-electron chi connectivity index (χ0n) is 9.69. The third-order valence-corrected chi connectivity index (χ3v) is 3.29.